The van der Waals surface area contributed by atoms with Gasteiger partial charge >= 0.3 is 5.97 Å². The summed E-state index contributed by atoms with van der Waals surface area (Å²) >= 11 is 3.59. The van der Waals surface area contributed by atoms with Crippen molar-refractivity contribution in [2.45, 2.75) is 51.4 Å². The number of carboxylic acid groups (broad SMARTS) is 1. The van der Waals surface area contributed by atoms with Crippen LogP contribution in [0.15, 0.2) is 22.7 Å². The van der Waals surface area contributed by atoms with E-state index >= 15 is 0 Å². The predicted octanol–water partition coefficient (Wildman–Crippen LogP) is 4.82. The lowest BCUT2D eigenvalue weighted by Gasteiger charge is -2.36. The Morgan fingerprint density at radius 1 is 1.33 bits per heavy atom. The highest BCUT2D eigenvalue weighted by Gasteiger charge is 2.34. The van der Waals surface area contributed by atoms with Crippen LogP contribution in [0.3, 0.4) is 0 Å². The Labute approximate surface area is 134 Å². The van der Waals surface area contributed by atoms with Gasteiger partial charge in [0.15, 0.2) is 0 Å². The Hall–Kier alpha value is -1.03. The molecule has 21 heavy (non-hydrogen) atoms. The van der Waals surface area contributed by atoms with Crippen LogP contribution in [0.2, 0.25) is 0 Å². The van der Waals surface area contributed by atoms with Crippen LogP contribution in [0.5, 0.6) is 5.75 Å². The van der Waals surface area contributed by atoms with Crippen LogP contribution in [0, 0.1) is 5.41 Å². The number of hydrogen-bond donors (Lipinski definition) is 1. The third-order valence-corrected chi connectivity index (χ3v) is 5.36. The fourth-order valence-corrected chi connectivity index (χ4v) is 3.95. The van der Waals surface area contributed by atoms with Gasteiger partial charge in [-0.3, -0.25) is 4.79 Å². The van der Waals surface area contributed by atoms with E-state index in [1.165, 1.54) is 12.0 Å². The zero-order valence-electron chi connectivity index (χ0n) is 12.5. The van der Waals surface area contributed by atoms with E-state index in [2.05, 4.69) is 22.0 Å². The molecular formula is C17H23BrO3. The molecule has 1 N–H and O–H groups in total. The average Bonchev–Trinajstić information content (AvgIpc) is 2.46. The average molecular weight is 355 g/mol. The van der Waals surface area contributed by atoms with E-state index in [1.54, 1.807) is 7.11 Å². The number of methoxy groups -OCH3 is 1. The van der Waals surface area contributed by atoms with Crippen LogP contribution in [0.25, 0.3) is 0 Å². The smallest absolute Gasteiger partial charge is 0.303 e. The van der Waals surface area contributed by atoms with E-state index in [4.69, 9.17) is 4.74 Å². The van der Waals surface area contributed by atoms with Crippen LogP contribution in [0.4, 0.5) is 0 Å². The molecular weight excluding hydrogens is 332 g/mol. The molecule has 1 aromatic carbocycles. The third-order valence-electron chi connectivity index (χ3n) is 4.63. The summed E-state index contributed by atoms with van der Waals surface area (Å²) < 4.78 is 6.25. The lowest BCUT2D eigenvalue weighted by atomic mass is 9.68. The number of halogens is 1. The molecule has 1 aliphatic carbocycles. The van der Waals surface area contributed by atoms with Crippen molar-refractivity contribution in [3.05, 3.63) is 28.2 Å². The topological polar surface area (TPSA) is 46.5 Å². The molecule has 0 spiro atoms. The Morgan fingerprint density at radius 2 is 2.05 bits per heavy atom. The van der Waals surface area contributed by atoms with Crippen LogP contribution >= 0.6 is 15.9 Å². The second-order valence-electron chi connectivity index (χ2n) is 6.09. The van der Waals surface area contributed by atoms with Gasteiger partial charge in [-0.2, -0.15) is 0 Å². The normalized spacial score (nSPS) is 17.4. The maximum Gasteiger partial charge on any atom is 0.303 e. The molecule has 0 radical (unpaired) electrons. The largest absolute Gasteiger partial charge is 0.497 e. The van der Waals surface area contributed by atoms with Gasteiger partial charge in [0.2, 0.25) is 0 Å². The number of hydrogen-bond acceptors (Lipinski definition) is 2. The van der Waals surface area contributed by atoms with Crippen LogP contribution in [-0.2, 0) is 11.2 Å². The number of carbonyl (C=O) groups is 1. The van der Waals surface area contributed by atoms with Gasteiger partial charge in [-0.15, -0.1) is 0 Å². The summed E-state index contributed by atoms with van der Waals surface area (Å²) in [6.45, 7) is 0. The van der Waals surface area contributed by atoms with Crippen LogP contribution < -0.4 is 4.74 Å². The maximum atomic E-state index is 11.2. The Kier molecular flexibility index (Phi) is 5.68. The van der Waals surface area contributed by atoms with Crippen LogP contribution in [0.1, 0.15) is 50.5 Å². The standard InChI is InChI=1S/C17H23BrO3/c1-21-14-6-5-13(15(18)11-14)7-10-17(12-16(19)20)8-3-2-4-9-17/h5-6,11H,2-4,7-10,12H2,1H3,(H,19,20). The van der Waals surface area contributed by atoms with Crippen molar-refractivity contribution in [2.24, 2.45) is 5.41 Å². The van der Waals surface area contributed by atoms with E-state index in [-0.39, 0.29) is 5.41 Å². The van der Waals surface area contributed by atoms with Gasteiger partial charge in [0.25, 0.3) is 0 Å². The Balaban J connectivity index is 2.06. The van der Waals surface area contributed by atoms with E-state index in [0.29, 0.717) is 6.42 Å². The molecule has 0 bridgehead atoms. The number of ether oxygens (including phenoxy) is 1. The highest BCUT2D eigenvalue weighted by Crippen LogP contribution is 2.43. The van der Waals surface area contributed by atoms with Gasteiger partial charge in [0.1, 0.15) is 5.75 Å². The SMILES string of the molecule is COc1ccc(CCC2(CC(=O)O)CCCCC2)c(Br)c1. The first kappa shape index (κ1) is 16.3. The molecule has 1 saturated carbocycles. The van der Waals surface area contributed by atoms with Crippen molar-refractivity contribution < 1.29 is 14.6 Å². The second-order valence-corrected chi connectivity index (χ2v) is 6.94. The molecule has 1 aromatic rings. The van der Waals surface area contributed by atoms with Gasteiger partial charge in [-0.1, -0.05) is 41.3 Å². The maximum absolute atomic E-state index is 11.2. The molecule has 0 amide bonds. The molecule has 0 aliphatic heterocycles. The van der Waals surface area contributed by atoms with E-state index in [0.717, 1.165) is 48.7 Å². The predicted molar refractivity (Wildman–Crippen MR) is 86.8 cm³/mol. The number of aryl methyl sites for hydroxylation is 1. The quantitative estimate of drug-likeness (QED) is 0.796. The first-order chi connectivity index (χ1) is 10.0. The number of aliphatic carboxylic acids is 1. The first-order valence-corrected chi connectivity index (χ1v) is 8.38. The summed E-state index contributed by atoms with van der Waals surface area (Å²) in [4.78, 5) is 11.2. The lowest BCUT2D eigenvalue weighted by Crippen LogP contribution is -2.28. The van der Waals surface area contributed by atoms with Gasteiger partial charge in [-0.05, 0) is 48.8 Å². The van der Waals surface area contributed by atoms with E-state index in [1.807, 2.05) is 12.1 Å². The number of rotatable bonds is 6. The molecule has 1 fully saturated rings. The second kappa shape index (κ2) is 7.30. The minimum absolute atomic E-state index is 0.0105. The molecule has 0 saturated heterocycles. The summed E-state index contributed by atoms with van der Waals surface area (Å²) in [5.74, 6) is 0.175. The minimum atomic E-state index is -0.661. The molecule has 0 aromatic heterocycles. The molecule has 2 rings (SSSR count). The van der Waals surface area contributed by atoms with Crippen molar-refractivity contribution in [1.29, 1.82) is 0 Å². The summed E-state index contributed by atoms with van der Waals surface area (Å²) in [6.07, 6.45) is 7.84. The van der Waals surface area contributed by atoms with E-state index < -0.39 is 5.97 Å². The van der Waals surface area contributed by atoms with Crippen molar-refractivity contribution >= 4 is 21.9 Å². The molecule has 4 heteroatoms. The van der Waals surface area contributed by atoms with Crippen LogP contribution in [-0.4, -0.2) is 18.2 Å². The molecule has 1 aliphatic rings. The molecule has 0 heterocycles. The molecule has 116 valence electrons. The van der Waals surface area contributed by atoms with Crippen molar-refractivity contribution in [2.75, 3.05) is 7.11 Å². The van der Waals surface area contributed by atoms with Crippen molar-refractivity contribution in [3.8, 4) is 5.75 Å². The highest BCUT2D eigenvalue weighted by atomic mass is 79.9. The molecule has 3 nitrogen and oxygen atoms in total. The van der Waals surface area contributed by atoms with Crippen molar-refractivity contribution in [3.63, 3.8) is 0 Å². The summed E-state index contributed by atoms with van der Waals surface area (Å²) in [7, 11) is 1.66. The Morgan fingerprint density at radius 3 is 2.62 bits per heavy atom. The zero-order chi connectivity index (χ0) is 15.3. The fraction of sp³-hybridized carbons (Fsp3) is 0.588. The van der Waals surface area contributed by atoms with Gasteiger partial charge in [-0.25, -0.2) is 0 Å². The third kappa shape index (κ3) is 4.47. The Bertz CT molecular complexity index is 493. The zero-order valence-corrected chi connectivity index (χ0v) is 14.1. The van der Waals surface area contributed by atoms with Gasteiger partial charge < -0.3 is 9.84 Å². The van der Waals surface area contributed by atoms with Crippen molar-refractivity contribution in [1.82, 2.24) is 0 Å². The molecule has 0 atom stereocenters. The first-order valence-electron chi connectivity index (χ1n) is 7.59. The summed E-state index contributed by atoms with van der Waals surface area (Å²) in [5, 5.41) is 9.23. The van der Waals surface area contributed by atoms with Gasteiger partial charge in [0.05, 0.1) is 13.5 Å². The van der Waals surface area contributed by atoms with E-state index in [9.17, 15) is 9.90 Å². The summed E-state index contributed by atoms with van der Waals surface area (Å²) in [5.41, 5.74) is 1.22. The minimum Gasteiger partial charge on any atom is -0.497 e. The summed E-state index contributed by atoms with van der Waals surface area (Å²) in [6, 6.07) is 6.01. The van der Waals surface area contributed by atoms with Gasteiger partial charge in [0, 0.05) is 4.47 Å². The lowest BCUT2D eigenvalue weighted by molar-refractivity contribution is -0.140. The highest BCUT2D eigenvalue weighted by molar-refractivity contribution is 9.10. The number of benzene rings is 1. The number of carboxylic acids is 1. The molecule has 0 unspecified atom stereocenters. The fourth-order valence-electron chi connectivity index (χ4n) is 3.40. The monoisotopic (exact) mass is 354 g/mol.